The summed E-state index contributed by atoms with van der Waals surface area (Å²) in [6.45, 7) is 12.0. The summed E-state index contributed by atoms with van der Waals surface area (Å²) in [4.78, 5) is 14.5. The van der Waals surface area contributed by atoms with Crippen molar-refractivity contribution in [1.82, 2.24) is 15.5 Å². The van der Waals surface area contributed by atoms with E-state index >= 15 is 0 Å². The van der Waals surface area contributed by atoms with Crippen LogP contribution in [0.15, 0.2) is 0 Å². The molecule has 0 aromatic heterocycles. The summed E-state index contributed by atoms with van der Waals surface area (Å²) in [6.07, 6.45) is 2.65. The molecule has 1 saturated heterocycles. The van der Waals surface area contributed by atoms with Crippen LogP contribution in [-0.4, -0.2) is 54.4 Å². The summed E-state index contributed by atoms with van der Waals surface area (Å²) in [6, 6.07) is 0.218. The largest absolute Gasteiger partial charge is 0.396 e. The van der Waals surface area contributed by atoms with Crippen LogP contribution in [0.2, 0.25) is 0 Å². The van der Waals surface area contributed by atoms with E-state index < -0.39 is 0 Å². The molecule has 5 heteroatoms. The maximum atomic E-state index is 12.0. The zero-order chi connectivity index (χ0) is 15.8. The molecule has 1 rings (SSSR count). The highest BCUT2D eigenvalue weighted by Gasteiger charge is 2.22. The fourth-order valence-corrected chi connectivity index (χ4v) is 2.88. The number of carbonyl (C=O) groups is 1. The standard InChI is InChI=1S/C16H33N3O2/c1-12(2)11-19-8-5-14(6-9-19)17-16(21)18-15(7-10-20)13(3)4/h12-15,20H,5-11H2,1-4H3,(H2,17,18,21). The third-order valence-electron chi connectivity index (χ3n) is 4.11. The number of rotatable bonds is 7. The van der Waals surface area contributed by atoms with Crippen molar-refractivity contribution in [2.75, 3.05) is 26.2 Å². The molecule has 124 valence electrons. The molecule has 0 aliphatic carbocycles. The van der Waals surface area contributed by atoms with Crippen LogP contribution in [0.1, 0.15) is 47.0 Å². The first-order valence-electron chi connectivity index (χ1n) is 8.32. The van der Waals surface area contributed by atoms with E-state index in [-0.39, 0.29) is 24.7 Å². The molecule has 3 N–H and O–H groups in total. The lowest BCUT2D eigenvalue weighted by Crippen LogP contribution is -2.51. The van der Waals surface area contributed by atoms with Crippen LogP contribution in [0.4, 0.5) is 4.79 Å². The number of aliphatic hydroxyl groups excluding tert-OH is 1. The van der Waals surface area contributed by atoms with E-state index in [0.29, 0.717) is 18.3 Å². The molecule has 1 heterocycles. The van der Waals surface area contributed by atoms with Crippen molar-refractivity contribution < 1.29 is 9.90 Å². The van der Waals surface area contributed by atoms with Gasteiger partial charge in [-0.2, -0.15) is 0 Å². The first-order chi connectivity index (χ1) is 9.92. The fourth-order valence-electron chi connectivity index (χ4n) is 2.88. The van der Waals surface area contributed by atoms with E-state index in [1.807, 2.05) is 0 Å². The minimum absolute atomic E-state index is 0.0380. The molecule has 5 nitrogen and oxygen atoms in total. The number of nitrogens with zero attached hydrogens (tertiary/aromatic N) is 1. The third kappa shape index (κ3) is 7.14. The van der Waals surface area contributed by atoms with Gasteiger partial charge in [0.1, 0.15) is 0 Å². The van der Waals surface area contributed by atoms with Crippen molar-refractivity contribution in [2.24, 2.45) is 11.8 Å². The predicted octanol–water partition coefficient (Wildman–Crippen LogP) is 1.81. The molecule has 1 fully saturated rings. The predicted molar refractivity (Wildman–Crippen MR) is 86.3 cm³/mol. The van der Waals surface area contributed by atoms with Crippen molar-refractivity contribution in [3.63, 3.8) is 0 Å². The molecule has 1 atom stereocenters. The molecule has 1 aliphatic heterocycles. The van der Waals surface area contributed by atoms with Gasteiger partial charge in [0.2, 0.25) is 0 Å². The van der Waals surface area contributed by atoms with Gasteiger partial charge in [-0.15, -0.1) is 0 Å². The van der Waals surface area contributed by atoms with E-state index in [0.717, 1.165) is 32.5 Å². The van der Waals surface area contributed by atoms with Gasteiger partial charge in [0.25, 0.3) is 0 Å². The first-order valence-corrected chi connectivity index (χ1v) is 8.32. The smallest absolute Gasteiger partial charge is 0.315 e. The summed E-state index contributed by atoms with van der Waals surface area (Å²) >= 11 is 0. The Kier molecular flexibility index (Phi) is 8.04. The molecule has 0 aromatic carbocycles. The van der Waals surface area contributed by atoms with Crippen molar-refractivity contribution >= 4 is 6.03 Å². The quantitative estimate of drug-likeness (QED) is 0.672. The van der Waals surface area contributed by atoms with Crippen LogP contribution in [-0.2, 0) is 0 Å². The van der Waals surface area contributed by atoms with Gasteiger partial charge in [-0.25, -0.2) is 4.79 Å². The van der Waals surface area contributed by atoms with E-state index in [2.05, 4.69) is 43.2 Å². The van der Waals surface area contributed by atoms with Crippen LogP contribution in [0.5, 0.6) is 0 Å². The number of aliphatic hydroxyl groups is 1. The number of hydrogen-bond donors (Lipinski definition) is 3. The molecular weight excluding hydrogens is 266 g/mol. The van der Waals surface area contributed by atoms with Crippen LogP contribution in [0, 0.1) is 11.8 Å². The van der Waals surface area contributed by atoms with Crippen molar-refractivity contribution in [1.29, 1.82) is 0 Å². The monoisotopic (exact) mass is 299 g/mol. The molecule has 2 amide bonds. The van der Waals surface area contributed by atoms with Gasteiger partial charge >= 0.3 is 6.03 Å². The molecule has 0 spiro atoms. The molecular formula is C16H33N3O2. The number of carbonyl (C=O) groups excluding carboxylic acids is 1. The average Bonchev–Trinajstić information content (AvgIpc) is 2.40. The van der Waals surface area contributed by atoms with Crippen LogP contribution >= 0.6 is 0 Å². The van der Waals surface area contributed by atoms with Crippen molar-refractivity contribution in [2.45, 2.75) is 59.0 Å². The Labute approximate surface area is 129 Å². The van der Waals surface area contributed by atoms with Crippen LogP contribution in [0.3, 0.4) is 0 Å². The molecule has 0 saturated carbocycles. The zero-order valence-electron chi connectivity index (χ0n) is 14.1. The highest BCUT2D eigenvalue weighted by molar-refractivity contribution is 5.74. The van der Waals surface area contributed by atoms with Crippen LogP contribution in [0.25, 0.3) is 0 Å². The fraction of sp³-hybridized carbons (Fsp3) is 0.938. The third-order valence-corrected chi connectivity index (χ3v) is 4.11. The van der Waals surface area contributed by atoms with E-state index in [1.54, 1.807) is 0 Å². The maximum Gasteiger partial charge on any atom is 0.315 e. The number of amides is 2. The highest BCUT2D eigenvalue weighted by Crippen LogP contribution is 2.12. The van der Waals surface area contributed by atoms with Crippen molar-refractivity contribution in [3.05, 3.63) is 0 Å². The van der Waals surface area contributed by atoms with Gasteiger partial charge < -0.3 is 20.6 Å². The summed E-state index contributed by atoms with van der Waals surface area (Å²) in [5.41, 5.74) is 0. The summed E-state index contributed by atoms with van der Waals surface area (Å²) in [5.74, 6) is 1.03. The number of nitrogens with one attached hydrogen (secondary N) is 2. The second-order valence-electron chi connectivity index (χ2n) is 6.95. The molecule has 1 unspecified atom stereocenters. The minimum Gasteiger partial charge on any atom is -0.396 e. The highest BCUT2D eigenvalue weighted by atomic mass is 16.3. The normalized spacial score (nSPS) is 19.0. The topological polar surface area (TPSA) is 64.6 Å². The summed E-state index contributed by atoms with van der Waals surface area (Å²) in [5, 5.41) is 15.1. The van der Waals surface area contributed by atoms with Gasteiger partial charge in [-0.3, -0.25) is 0 Å². The lowest BCUT2D eigenvalue weighted by atomic mass is 10.0. The van der Waals surface area contributed by atoms with Gasteiger partial charge in [-0.05, 0) is 31.1 Å². The lowest BCUT2D eigenvalue weighted by molar-refractivity contribution is 0.175. The van der Waals surface area contributed by atoms with Crippen molar-refractivity contribution in [3.8, 4) is 0 Å². The maximum absolute atomic E-state index is 12.0. The van der Waals surface area contributed by atoms with Gasteiger partial charge in [0, 0.05) is 38.3 Å². The number of urea groups is 1. The Bertz CT molecular complexity index is 300. The van der Waals surface area contributed by atoms with Gasteiger partial charge in [-0.1, -0.05) is 27.7 Å². The van der Waals surface area contributed by atoms with Crippen LogP contribution < -0.4 is 10.6 Å². The molecule has 0 radical (unpaired) electrons. The van der Waals surface area contributed by atoms with Gasteiger partial charge in [0.05, 0.1) is 0 Å². The average molecular weight is 299 g/mol. The molecule has 1 aliphatic rings. The Morgan fingerprint density at radius 1 is 1.24 bits per heavy atom. The minimum atomic E-state index is -0.0931. The molecule has 21 heavy (non-hydrogen) atoms. The second kappa shape index (κ2) is 9.26. The first kappa shape index (κ1) is 18.2. The summed E-state index contributed by atoms with van der Waals surface area (Å²) in [7, 11) is 0. The Morgan fingerprint density at radius 3 is 2.33 bits per heavy atom. The molecule has 0 bridgehead atoms. The number of hydrogen-bond acceptors (Lipinski definition) is 3. The molecule has 0 aromatic rings. The Morgan fingerprint density at radius 2 is 1.86 bits per heavy atom. The van der Waals surface area contributed by atoms with E-state index in [1.165, 1.54) is 0 Å². The summed E-state index contributed by atoms with van der Waals surface area (Å²) < 4.78 is 0. The SMILES string of the molecule is CC(C)CN1CCC(NC(=O)NC(CCO)C(C)C)CC1. The Hall–Kier alpha value is -0.810. The van der Waals surface area contributed by atoms with E-state index in [9.17, 15) is 4.79 Å². The lowest BCUT2D eigenvalue weighted by Gasteiger charge is -2.33. The number of piperidine rings is 1. The van der Waals surface area contributed by atoms with Gasteiger partial charge in [0.15, 0.2) is 0 Å². The van der Waals surface area contributed by atoms with E-state index in [4.69, 9.17) is 5.11 Å². The Balaban J connectivity index is 2.29. The zero-order valence-corrected chi connectivity index (χ0v) is 14.1. The second-order valence-corrected chi connectivity index (χ2v) is 6.95. The number of likely N-dealkylation sites (tertiary alicyclic amines) is 1.